The fourth-order valence-corrected chi connectivity index (χ4v) is 4.72. The maximum Gasteiger partial charge on any atom is 0.527 e. The molecule has 3 heterocycles. The molecule has 3 rings (SSSR count). The van der Waals surface area contributed by atoms with E-state index in [0.29, 0.717) is 0 Å². The Morgan fingerprint density at radius 3 is 2.38 bits per heavy atom. The Morgan fingerprint density at radius 2 is 1.74 bits per heavy atom. The van der Waals surface area contributed by atoms with Crippen LogP contribution in [0.2, 0.25) is 0 Å². The molecule has 0 saturated carbocycles. The number of nitrogens with one attached hydrogen (secondary N) is 1. The number of H-pyrrole nitrogens is 1. The van der Waals surface area contributed by atoms with Crippen molar-refractivity contribution in [1.82, 2.24) is 19.5 Å². The van der Waals surface area contributed by atoms with E-state index in [4.69, 9.17) is 19.4 Å². The third-order valence-electron chi connectivity index (χ3n) is 3.83. The van der Waals surface area contributed by atoms with Crippen LogP contribution in [0.5, 0.6) is 0 Å². The third kappa shape index (κ3) is 6.59. The predicted molar refractivity (Wildman–Crippen MR) is 97.0 cm³/mol. The summed E-state index contributed by atoms with van der Waals surface area (Å²) in [5.74, 6) is -3.66. The van der Waals surface area contributed by atoms with Gasteiger partial charge in [-0.1, -0.05) is 0 Å². The Labute approximate surface area is 185 Å². The summed E-state index contributed by atoms with van der Waals surface area (Å²) in [6, 6.07) is 0. The summed E-state index contributed by atoms with van der Waals surface area (Å²) in [6.45, 7) is 0. The molecule has 2 aromatic heterocycles. The van der Waals surface area contributed by atoms with Gasteiger partial charge < -0.3 is 39.7 Å². The van der Waals surface area contributed by atoms with Gasteiger partial charge in [-0.15, -0.1) is 14.0 Å². The van der Waals surface area contributed by atoms with Gasteiger partial charge in [0, 0.05) is 6.42 Å². The number of phosphoric acid groups is 3. The van der Waals surface area contributed by atoms with Gasteiger partial charge in [0.1, 0.15) is 6.23 Å². The monoisotopic (exact) mass is 556 g/mol. The molecule has 0 aromatic carbocycles. The number of aromatic nitrogens is 4. The van der Waals surface area contributed by atoms with Crippen molar-refractivity contribution < 1.29 is 76.5 Å². The fourth-order valence-electron chi connectivity index (χ4n) is 2.63. The fraction of sp³-hybridized carbons (Fsp3) is 0.500. The summed E-state index contributed by atoms with van der Waals surface area (Å²) >= 11 is 0. The van der Waals surface area contributed by atoms with Crippen molar-refractivity contribution in [3.05, 3.63) is 23.0 Å². The van der Waals surface area contributed by atoms with E-state index in [1.165, 1.54) is 4.57 Å². The van der Waals surface area contributed by atoms with Crippen LogP contribution < -0.4 is 5.56 Å². The summed E-state index contributed by atoms with van der Waals surface area (Å²) in [6.07, 6.45) is -3.16. The van der Waals surface area contributed by atoms with Crippen molar-refractivity contribution in [2.45, 2.75) is 30.8 Å². The zero-order chi connectivity index (χ0) is 25.5. The Kier molecular flexibility index (Phi) is 7.60. The van der Waals surface area contributed by atoms with Crippen LogP contribution in [0.25, 0.3) is 11.2 Å². The number of fused-ring (bicyclic) bond motifs is 1. The zero-order valence-electron chi connectivity index (χ0n) is 16.0. The number of aliphatic hydroxyl groups is 3. The summed E-state index contributed by atoms with van der Waals surface area (Å²) in [5, 5.41) is 30.1. The van der Waals surface area contributed by atoms with Crippen molar-refractivity contribution in [3.8, 4) is 0 Å². The Bertz CT molecular complexity index is 1240. The van der Waals surface area contributed by atoms with E-state index in [0.717, 1.165) is 12.7 Å². The highest BCUT2D eigenvalue weighted by molar-refractivity contribution is 7.60. The number of imidazole rings is 1. The van der Waals surface area contributed by atoms with Crippen LogP contribution >= 0.6 is 23.5 Å². The largest absolute Gasteiger partial charge is 0.527 e. The smallest absolute Gasteiger partial charge is 0.390 e. The van der Waals surface area contributed by atoms with E-state index in [-0.39, 0.29) is 17.6 Å². The van der Waals surface area contributed by atoms with Crippen molar-refractivity contribution in [2.24, 2.45) is 0 Å². The molecule has 0 amide bonds. The third-order valence-corrected chi connectivity index (χ3v) is 6.41. The lowest BCUT2D eigenvalue weighted by Crippen LogP contribution is -2.49. The summed E-state index contributed by atoms with van der Waals surface area (Å²) in [7, 11) is -17.1. The number of aliphatic hydroxyl groups excluding tert-OH is 1. The number of ether oxygens (including phenoxy) is 1. The lowest BCUT2D eigenvalue weighted by Gasteiger charge is -2.28. The average molecular weight is 556 g/mol. The number of rotatable bonds is 10. The Morgan fingerprint density at radius 1 is 1.09 bits per heavy atom. The van der Waals surface area contributed by atoms with E-state index in [1.54, 1.807) is 0 Å². The molecular weight excluding hydrogens is 541 g/mol. The minimum absolute atomic E-state index is 0.0108. The van der Waals surface area contributed by atoms with E-state index in [1.807, 2.05) is 0 Å². The van der Waals surface area contributed by atoms with E-state index in [2.05, 4.69) is 38.2 Å². The average Bonchev–Trinajstić information content (AvgIpc) is 3.28. The lowest BCUT2D eigenvalue weighted by atomic mass is 10.1. The van der Waals surface area contributed by atoms with Crippen LogP contribution in [0.15, 0.2) is 17.4 Å². The maximum atomic E-state index is 11.7. The van der Waals surface area contributed by atoms with Crippen molar-refractivity contribution in [3.63, 3.8) is 0 Å². The first-order valence-electron chi connectivity index (χ1n) is 8.36. The number of hydrogen-bond acceptors (Lipinski definition) is 15. The first kappa shape index (κ1) is 27.1. The molecule has 192 valence electrons. The molecule has 5 atom stereocenters. The minimum atomic E-state index is -5.75. The van der Waals surface area contributed by atoms with E-state index in [9.17, 15) is 38.7 Å². The van der Waals surface area contributed by atoms with Gasteiger partial charge in [-0.3, -0.25) is 14.3 Å². The molecule has 0 bridgehead atoms. The second-order valence-corrected chi connectivity index (χ2v) is 10.3. The topological polar surface area (TPSA) is 312 Å². The second kappa shape index (κ2) is 9.52. The summed E-state index contributed by atoms with van der Waals surface area (Å²) in [5.41, 5.74) is -0.671. The molecule has 2 aromatic rings. The van der Waals surface area contributed by atoms with Crippen LogP contribution in [-0.4, -0.2) is 72.6 Å². The van der Waals surface area contributed by atoms with Crippen molar-refractivity contribution in [1.29, 1.82) is 0 Å². The van der Waals surface area contributed by atoms with Gasteiger partial charge in [0.25, 0.3) is 5.56 Å². The normalized spacial score (nSPS) is 25.3. The molecule has 8 N–H and O–H groups in total. The van der Waals surface area contributed by atoms with Crippen molar-refractivity contribution in [2.75, 3.05) is 0 Å². The molecule has 34 heavy (non-hydrogen) atoms. The van der Waals surface area contributed by atoms with Crippen LogP contribution in [0, 0.1) is 0 Å². The van der Waals surface area contributed by atoms with Gasteiger partial charge in [0.2, 0.25) is 0 Å². The van der Waals surface area contributed by atoms with E-state index < -0.39 is 53.4 Å². The highest BCUT2D eigenvalue weighted by Gasteiger charge is 2.52. The predicted octanol–water partition coefficient (Wildman–Crippen LogP) is -2.39. The highest BCUT2D eigenvalue weighted by Crippen LogP contribution is 2.60. The van der Waals surface area contributed by atoms with Crippen LogP contribution in [0.4, 0.5) is 0 Å². The molecule has 0 radical (unpaired) electrons. The van der Waals surface area contributed by atoms with E-state index >= 15 is 0 Å². The van der Waals surface area contributed by atoms with Gasteiger partial charge in [-0.05, 0) is 0 Å². The molecule has 24 heteroatoms. The molecular formula is C10H15N4O17P3. The summed E-state index contributed by atoms with van der Waals surface area (Å²) in [4.78, 5) is 60.7. The van der Waals surface area contributed by atoms with Crippen molar-refractivity contribution >= 4 is 34.6 Å². The first-order chi connectivity index (χ1) is 15.5. The SMILES string of the molecule is O=c1[nH]cnc2c1ncn2[C@H]1C[C@H](O)[C@H](C(O)(O)OOP(=O)(O)OOP(=O)(O)OP(=O)(O)O)O1. The van der Waals surface area contributed by atoms with Gasteiger partial charge in [-0.25, -0.2) is 23.7 Å². The molecule has 1 aliphatic heterocycles. The molecule has 2 unspecified atom stereocenters. The molecule has 0 spiro atoms. The molecule has 0 aliphatic carbocycles. The van der Waals surface area contributed by atoms with Gasteiger partial charge >= 0.3 is 29.4 Å². The molecule has 1 fully saturated rings. The number of nitrogens with zero attached hydrogens (tertiary/aromatic N) is 3. The van der Waals surface area contributed by atoms with Crippen LogP contribution in [0.1, 0.15) is 12.6 Å². The zero-order valence-corrected chi connectivity index (χ0v) is 18.7. The number of aromatic amines is 1. The maximum absolute atomic E-state index is 11.7. The molecule has 1 saturated heterocycles. The van der Waals surface area contributed by atoms with Gasteiger partial charge in [-0.2, -0.15) is 9.20 Å². The lowest BCUT2D eigenvalue weighted by molar-refractivity contribution is -0.486. The first-order valence-corrected chi connectivity index (χ1v) is 12.9. The van der Waals surface area contributed by atoms with Crippen LogP contribution in [0.3, 0.4) is 0 Å². The Balaban J connectivity index is 1.63. The highest BCUT2D eigenvalue weighted by atomic mass is 31.3. The number of hydrogen-bond donors (Lipinski definition) is 8. The standard InChI is InChI=1S/C10H15N4O17P3/c15-4-1-5(14-3-13-6-8(14)11-2-12-9(6)16)26-7(4)10(17,18)27-28-33(22,23)29-30-34(24,25)31-32(19,20)21/h2-5,7,15,17-18H,1H2,(H,22,23)(H,24,25)(H,11,12,16)(H2,19,20,21)/t4-,5+,7+/m0/s1. The Hall–Kier alpha value is -1.48. The van der Waals surface area contributed by atoms with Gasteiger partial charge in [0.15, 0.2) is 17.3 Å². The second-order valence-electron chi connectivity index (χ2n) is 6.34. The summed E-state index contributed by atoms with van der Waals surface area (Å²) < 4.78 is 53.5. The molecule has 21 nitrogen and oxygen atoms in total. The molecule has 1 aliphatic rings. The minimum Gasteiger partial charge on any atom is -0.390 e. The van der Waals surface area contributed by atoms with Gasteiger partial charge in [0.05, 0.1) is 18.8 Å². The quantitative estimate of drug-likeness (QED) is 0.0655. The van der Waals surface area contributed by atoms with Crippen LogP contribution in [-0.2, 0) is 41.7 Å².